The van der Waals surface area contributed by atoms with E-state index >= 15 is 0 Å². The van der Waals surface area contributed by atoms with Gasteiger partial charge in [0.15, 0.2) is 17.5 Å². The highest BCUT2D eigenvalue weighted by molar-refractivity contribution is 6.32. The quantitative estimate of drug-likeness (QED) is 0.302. The van der Waals surface area contributed by atoms with Gasteiger partial charge in [-0.15, -0.1) is 0 Å². The molecule has 0 saturated carbocycles. The lowest BCUT2D eigenvalue weighted by atomic mass is 10.1. The molecule has 0 aliphatic carbocycles. The molecule has 2 heterocycles. The van der Waals surface area contributed by atoms with Gasteiger partial charge in [-0.1, -0.05) is 16.8 Å². The van der Waals surface area contributed by atoms with Crippen molar-refractivity contribution in [3.63, 3.8) is 0 Å². The molecule has 11 nitrogen and oxygen atoms in total. The first-order chi connectivity index (χ1) is 15.2. The number of nitrogens with zero attached hydrogens (tertiary/aromatic N) is 3. The van der Waals surface area contributed by atoms with Gasteiger partial charge in [-0.25, -0.2) is 9.97 Å². The van der Waals surface area contributed by atoms with Crippen molar-refractivity contribution in [1.29, 1.82) is 0 Å². The predicted molar refractivity (Wildman–Crippen MR) is 114 cm³/mol. The van der Waals surface area contributed by atoms with Gasteiger partial charge in [0.05, 0.1) is 42.5 Å². The fraction of sp³-hybridized carbons (Fsp3) is 0.400. The number of carboxylic acid groups (broad SMARTS) is 1. The van der Waals surface area contributed by atoms with Crippen molar-refractivity contribution in [2.75, 3.05) is 19.8 Å². The average Bonchev–Trinajstić information content (AvgIpc) is 3.19. The summed E-state index contributed by atoms with van der Waals surface area (Å²) >= 11 is 6.27. The van der Waals surface area contributed by atoms with Crippen LogP contribution in [-0.2, 0) is 11.2 Å². The SMILES string of the molecule is C[C@H](Oc1cc2onc(CCC(=O)O)c2cc1Cl)c1ncccn1.NC(CO)(CO)CO. The third-order valence-corrected chi connectivity index (χ3v) is 4.67. The molecule has 0 saturated heterocycles. The largest absolute Gasteiger partial charge is 0.481 e. The van der Waals surface area contributed by atoms with Crippen LogP contribution in [-0.4, -0.2) is 66.9 Å². The van der Waals surface area contributed by atoms with Gasteiger partial charge in [0.2, 0.25) is 0 Å². The number of carbonyl (C=O) groups is 1. The van der Waals surface area contributed by atoms with E-state index in [-0.39, 0.29) is 12.8 Å². The Balaban J connectivity index is 0.000000390. The summed E-state index contributed by atoms with van der Waals surface area (Å²) in [6.07, 6.45) is 3.12. The van der Waals surface area contributed by atoms with E-state index in [9.17, 15) is 4.79 Å². The molecular weight excluding hydrogens is 444 g/mol. The Morgan fingerprint density at radius 2 is 1.84 bits per heavy atom. The Bertz CT molecular complexity index is 1000. The van der Waals surface area contributed by atoms with Crippen LogP contribution >= 0.6 is 11.6 Å². The highest BCUT2D eigenvalue weighted by atomic mass is 35.5. The maximum atomic E-state index is 10.7. The van der Waals surface area contributed by atoms with Crippen molar-refractivity contribution in [3.05, 3.63) is 47.1 Å². The molecule has 1 aromatic carbocycles. The van der Waals surface area contributed by atoms with Crippen LogP contribution in [0, 0.1) is 0 Å². The number of rotatable bonds is 9. The lowest BCUT2D eigenvalue weighted by molar-refractivity contribution is -0.136. The fourth-order valence-corrected chi connectivity index (χ4v) is 2.61. The standard InChI is InChI=1S/C16H14ClN3O4.C4H11NO3/c1-9(16-18-5-2-6-19-16)23-14-8-13-10(7-11(14)17)12(20-24-13)3-4-15(21)22;5-4(1-6,2-7)3-8/h2,5-9H,3-4H2,1H3,(H,21,22);6-8H,1-3,5H2/t9-;/m0./s1. The Kier molecular flexibility index (Phi) is 9.29. The van der Waals surface area contributed by atoms with E-state index in [1.165, 1.54) is 0 Å². The van der Waals surface area contributed by atoms with E-state index in [1.54, 1.807) is 30.6 Å². The Labute approximate surface area is 188 Å². The molecule has 0 spiro atoms. The molecule has 0 aliphatic rings. The summed E-state index contributed by atoms with van der Waals surface area (Å²) in [7, 11) is 0. The van der Waals surface area contributed by atoms with Crippen LogP contribution in [0.15, 0.2) is 35.1 Å². The van der Waals surface area contributed by atoms with Crippen LogP contribution in [0.25, 0.3) is 11.0 Å². The fourth-order valence-electron chi connectivity index (χ4n) is 2.40. The van der Waals surface area contributed by atoms with Gasteiger partial charge in [0.25, 0.3) is 0 Å². The molecule has 1 atom stereocenters. The Morgan fingerprint density at radius 1 is 1.22 bits per heavy atom. The number of carboxylic acids is 1. The summed E-state index contributed by atoms with van der Waals surface area (Å²) in [5, 5.41) is 38.8. The summed E-state index contributed by atoms with van der Waals surface area (Å²) < 4.78 is 11.1. The highest BCUT2D eigenvalue weighted by Gasteiger charge is 2.21. The molecule has 0 fully saturated rings. The number of benzene rings is 1. The summed E-state index contributed by atoms with van der Waals surface area (Å²) in [6.45, 7) is 0.606. The van der Waals surface area contributed by atoms with E-state index in [4.69, 9.17) is 47.0 Å². The van der Waals surface area contributed by atoms with Gasteiger partial charge in [0, 0.05) is 30.3 Å². The molecule has 32 heavy (non-hydrogen) atoms. The van der Waals surface area contributed by atoms with Gasteiger partial charge in [-0.05, 0) is 19.1 Å². The zero-order valence-corrected chi connectivity index (χ0v) is 18.1. The third-order valence-electron chi connectivity index (χ3n) is 4.37. The molecule has 3 aromatic rings. The number of hydrogen-bond acceptors (Lipinski definition) is 10. The first-order valence-electron chi connectivity index (χ1n) is 9.57. The van der Waals surface area contributed by atoms with Crippen molar-refractivity contribution in [1.82, 2.24) is 15.1 Å². The van der Waals surface area contributed by atoms with E-state index < -0.39 is 37.4 Å². The second kappa shape index (κ2) is 11.7. The number of aliphatic hydroxyl groups is 3. The molecule has 0 aliphatic heterocycles. The normalized spacial score (nSPS) is 12.2. The number of halogens is 1. The molecule has 0 bridgehead atoms. The lowest BCUT2D eigenvalue weighted by Gasteiger charge is -2.20. The maximum Gasteiger partial charge on any atom is 0.303 e. The highest BCUT2D eigenvalue weighted by Crippen LogP contribution is 2.34. The third kappa shape index (κ3) is 6.84. The number of aliphatic hydroxyl groups excluding tert-OH is 3. The van der Waals surface area contributed by atoms with Crippen molar-refractivity contribution < 1.29 is 34.5 Å². The second-order valence-corrected chi connectivity index (χ2v) is 7.41. The van der Waals surface area contributed by atoms with E-state index in [0.717, 1.165) is 0 Å². The predicted octanol–water partition coefficient (Wildman–Crippen LogP) is 1.09. The molecule has 0 radical (unpaired) electrons. The van der Waals surface area contributed by atoms with Crippen molar-refractivity contribution in [2.45, 2.75) is 31.4 Å². The van der Waals surface area contributed by atoms with Crippen LogP contribution in [0.4, 0.5) is 0 Å². The number of aryl methyl sites for hydroxylation is 1. The first kappa shape index (κ1) is 25.4. The van der Waals surface area contributed by atoms with Gasteiger partial charge < -0.3 is 35.4 Å². The number of aliphatic carboxylic acids is 1. The first-order valence-corrected chi connectivity index (χ1v) is 9.95. The molecule has 3 rings (SSSR count). The van der Waals surface area contributed by atoms with Crippen molar-refractivity contribution in [2.24, 2.45) is 5.73 Å². The molecule has 2 aromatic heterocycles. The molecule has 174 valence electrons. The van der Waals surface area contributed by atoms with E-state index in [2.05, 4.69) is 15.1 Å². The minimum absolute atomic E-state index is 0.0279. The van der Waals surface area contributed by atoms with Gasteiger partial charge >= 0.3 is 5.97 Å². The number of ether oxygens (including phenoxy) is 1. The van der Waals surface area contributed by atoms with Crippen molar-refractivity contribution in [3.8, 4) is 5.75 Å². The lowest BCUT2D eigenvalue weighted by Crippen LogP contribution is -2.50. The summed E-state index contributed by atoms with van der Waals surface area (Å²) in [6, 6.07) is 5.02. The molecule has 12 heteroatoms. The number of fused-ring (bicyclic) bond motifs is 1. The topological polar surface area (TPSA) is 185 Å². The number of nitrogens with two attached hydrogens (primary N) is 1. The van der Waals surface area contributed by atoms with E-state index in [1.807, 2.05) is 6.92 Å². The van der Waals surface area contributed by atoms with Gasteiger partial charge in [0.1, 0.15) is 5.75 Å². The molecule has 0 amide bonds. The van der Waals surface area contributed by atoms with Gasteiger partial charge in [-0.3, -0.25) is 4.79 Å². The molecular formula is C20H25ClN4O7. The minimum atomic E-state index is -1.21. The summed E-state index contributed by atoms with van der Waals surface area (Å²) in [4.78, 5) is 19.0. The molecule has 6 N–H and O–H groups in total. The Hall–Kier alpha value is -2.83. The monoisotopic (exact) mass is 468 g/mol. The molecule has 0 unspecified atom stereocenters. The number of hydrogen-bond donors (Lipinski definition) is 5. The number of aromatic nitrogens is 3. The Morgan fingerprint density at radius 3 is 2.38 bits per heavy atom. The van der Waals surface area contributed by atoms with Gasteiger partial charge in [-0.2, -0.15) is 0 Å². The zero-order chi connectivity index (χ0) is 23.7. The average molecular weight is 469 g/mol. The minimum Gasteiger partial charge on any atom is -0.481 e. The van der Waals surface area contributed by atoms with E-state index in [0.29, 0.717) is 33.3 Å². The maximum absolute atomic E-state index is 10.7. The zero-order valence-electron chi connectivity index (χ0n) is 17.3. The smallest absolute Gasteiger partial charge is 0.303 e. The van der Waals surface area contributed by atoms with Crippen LogP contribution in [0.1, 0.15) is 31.0 Å². The summed E-state index contributed by atoms with van der Waals surface area (Å²) in [5.74, 6) is 0.0623. The van der Waals surface area contributed by atoms with Crippen LogP contribution < -0.4 is 10.5 Å². The van der Waals surface area contributed by atoms with Crippen LogP contribution in [0.3, 0.4) is 0 Å². The summed E-state index contributed by atoms with van der Waals surface area (Å²) in [5.41, 5.74) is 4.98. The van der Waals surface area contributed by atoms with Crippen LogP contribution in [0.5, 0.6) is 5.75 Å². The van der Waals surface area contributed by atoms with Crippen LogP contribution in [0.2, 0.25) is 5.02 Å². The second-order valence-electron chi connectivity index (χ2n) is 7.01. The van der Waals surface area contributed by atoms with Crippen molar-refractivity contribution >= 4 is 28.5 Å².